The maximum absolute atomic E-state index is 7.64. The van der Waals surface area contributed by atoms with Crippen LogP contribution < -0.4 is 0 Å². The number of benzene rings is 2. The first-order valence-electron chi connectivity index (χ1n) is 13.9. The molecule has 3 heterocycles. The number of nitrogens with zero attached hydrogens (tertiary/aromatic N) is 6. The third kappa shape index (κ3) is 11.0. The summed E-state index contributed by atoms with van der Waals surface area (Å²) >= 11 is 25.8. The van der Waals surface area contributed by atoms with Crippen LogP contribution >= 0.6 is 69.1 Å². The van der Waals surface area contributed by atoms with Gasteiger partial charge in [-0.15, -0.1) is 45.9 Å². The van der Waals surface area contributed by atoms with Gasteiger partial charge in [0.05, 0.1) is 0 Å². The van der Waals surface area contributed by atoms with Crippen LogP contribution in [0.1, 0.15) is 24.2 Å². The molecule has 1 fully saturated rings. The lowest BCUT2D eigenvalue weighted by Gasteiger charge is -2.30. The van der Waals surface area contributed by atoms with Crippen LogP contribution in [-0.2, 0) is 12.1 Å². The van der Waals surface area contributed by atoms with Crippen LogP contribution in [-0.4, -0.2) is 71.8 Å². The first-order valence-corrected chi connectivity index (χ1v) is 17.4. The van der Waals surface area contributed by atoms with Crippen molar-refractivity contribution in [2.24, 2.45) is 0 Å². The van der Waals surface area contributed by atoms with Gasteiger partial charge in [0.2, 0.25) is 0 Å². The minimum Gasteiger partial charge on any atom is -0.310 e. The highest BCUT2D eigenvalue weighted by Crippen LogP contribution is 2.39. The molecule has 2 aromatic carbocycles. The van der Waals surface area contributed by atoms with Crippen molar-refractivity contribution < 1.29 is 0 Å². The normalized spacial score (nSPS) is 14.0. The van der Waals surface area contributed by atoms with E-state index in [1.54, 1.807) is 22.7 Å². The molecule has 0 aliphatic carbocycles. The molecule has 0 bridgehead atoms. The van der Waals surface area contributed by atoms with E-state index in [0.29, 0.717) is 18.3 Å². The quantitative estimate of drug-likeness (QED) is 0.135. The maximum Gasteiger partial charge on any atom is 0.277 e. The number of hydrogen-bond donors (Lipinski definition) is 0. The van der Waals surface area contributed by atoms with Crippen LogP contribution in [0.15, 0.2) is 59.3 Å². The molecule has 12 heteroatoms. The maximum atomic E-state index is 7.64. The molecule has 0 unspecified atom stereocenters. The molecule has 0 N–H and O–H groups in total. The number of alkyl halides is 2. The molecule has 2 aromatic heterocycles. The lowest BCUT2D eigenvalue weighted by Crippen LogP contribution is -2.39. The number of aromatic nitrogens is 2. The second kappa shape index (κ2) is 18.7. The summed E-state index contributed by atoms with van der Waals surface area (Å²) in [5.41, 5.74) is 3.43. The average molecular weight is 709 g/mol. The monoisotopic (exact) mass is 706 g/mol. The van der Waals surface area contributed by atoms with Crippen LogP contribution in [0, 0.1) is 13.1 Å². The second-order valence-corrected chi connectivity index (χ2v) is 13.5. The van der Waals surface area contributed by atoms with Crippen LogP contribution in [0.25, 0.3) is 30.8 Å². The molecule has 0 saturated carbocycles. The zero-order valence-corrected chi connectivity index (χ0v) is 29.3. The minimum absolute atomic E-state index is 0.351. The number of hydrogen-bond acceptors (Lipinski definition) is 6. The lowest BCUT2D eigenvalue weighted by atomic mass is 9.86. The highest BCUT2D eigenvalue weighted by molar-refractivity contribution is 7.13. The topological polar surface area (TPSA) is 41.0 Å². The highest BCUT2D eigenvalue weighted by Gasteiger charge is 2.43. The van der Waals surface area contributed by atoms with Crippen molar-refractivity contribution in [3.63, 3.8) is 0 Å². The molecule has 0 radical (unpaired) electrons. The van der Waals surface area contributed by atoms with E-state index in [-0.39, 0.29) is 0 Å². The zero-order valence-electron chi connectivity index (χ0n) is 24.6. The van der Waals surface area contributed by atoms with Gasteiger partial charge in [0.25, 0.3) is 12.1 Å². The van der Waals surface area contributed by atoms with Gasteiger partial charge in [-0.2, -0.15) is 0 Å². The van der Waals surface area contributed by atoms with E-state index in [0.717, 1.165) is 81.6 Å². The van der Waals surface area contributed by atoms with Crippen molar-refractivity contribution in [1.82, 2.24) is 19.8 Å². The van der Waals surface area contributed by atoms with Crippen LogP contribution in [0.3, 0.4) is 0 Å². The van der Waals surface area contributed by atoms with E-state index in [4.69, 9.17) is 64.5 Å². The SMILES string of the molecule is CN(CCCl)CCCl.[C-]#[N+]C1(c2csc(-c3ccc(Cl)cc3)n2)CCN(C)CC1.[C-]#[N+]Cc1csc(-c2ccc(Cl)cc2)n1. The third-order valence-electron chi connectivity index (χ3n) is 6.92. The van der Waals surface area contributed by atoms with E-state index in [9.17, 15) is 0 Å². The Bertz CT molecular complexity index is 1500. The van der Waals surface area contributed by atoms with Crippen LogP contribution in [0.5, 0.6) is 0 Å². The van der Waals surface area contributed by atoms with E-state index in [2.05, 4.69) is 31.5 Å². The van der Waals surface area contributed by atoms with Crippen LogP contribution in [0.4, 0.5) is 0 Å². The van der Waals surface area contributed by atoms with E-state index >= 15 is 0 Å². The van der Waals surface area contributed by atoms with Crippen molar-refractivity contribution >= 4 is 69.1 Å². The Morgan fingerprint density at radius 3 is 1.82 bits per heavy atom. The Hall–Kier alpha value is -2.24. The number of piperidine rings is 1. The molecule has 0 amide bonds. The Balaban J connectivity index is 0.000000201. The minimum atomic E-state index is -0.437. The highest BCUT2D eigenvalue weighted by atomic mass is 35.5. The second-order valence-electron chi connectivity index (χ2n) is 10.1. The number of rotatable bonds is 8. The van der Waals surface area contributed by atoms with Gasteiger partial charge in [-0.1, -0.05) is 47.5 Å². The number of likely N-dealkylation sites (tertiary alicyclic amines) is 1. The van der Waals surface area contributed by atoms with Gasteiger partial charge >= 0.3 is 0 Å². The van der Waals surface area contributed by atoms with E-state index in [1.165, 1.54) is 0 Å². The largest absolute Gasteiger partial charge is 0.310 e. The molecule has 1 aliphatic rings. The van der Waals surface area contributed by atoms with Gasteiger partial charge in [-0.25, -0.2) is 23.1 Å². The summed E-state index contributed by atoms with van der Waals surface area (Å²) < 4.78 is 0. The fourth-order valence-electron chi connectivity index (χ4n) is 4.21. The first-order chi connectivity index (χ1) is 21.2. The average Bonchev–Trinajstić information content (AvgIpc) is 3.71. The Morgan fingerprint density at radius 1 is 0.841 bits per heavy atom. The van der Waals surface area contributed by atoms with Crippen LogP contribution in [0.2, 0.25) is 10.0 Å². The molecular weight excluding hydrogens is 674 g/mol. The van der Waals surface area contributed by atoms with E-state index in [1.807, 2.05) is 66.3 Å². The molecule has 1 aliphatic heterocycles. The summed E-state index contributed by atoms with van der Waals surface area (Å²) in [6, 6.07) is 15.2. The van der Waals surface area contributed by atoms with Gasteiger partial charge in [-0.3, -0.25) is 0 Å². The van der Waals surface area contributed by atoms with Crippen molar-refractivity contribution in [2.75, 3.05) is 52.0 Å². The molecule has 6 nitrogen and oxygen atoms in total. The van der Waals surface area contributed by atoms with Gasteiger partial charge < -0.3 is 19.5 Å². The fraction of sp³-hybridized carbons (Fsp3) is 0.375. The number of thiazole rings is 2. The fourth-order valence-corrected chi connectivity index (χ4v) is 6.78. The molecule has 5 rings (SSSR count). The van der Waals surface area contributed by atoms with Crippen molar-refractivity contribution in [3.05, 3.63) is 104 Å². The molecule has 0 spiro atoms. The van der Waals surface area contributed by atoms with E-state index < -0.39 is 5.54 Å². The predicted octanol–water partition coefficient (Wildman–Crippen LogP) is 9.58. The summed E-state index contributed by atoms with van der Waals surface area (Å²) in [6.45, 7) is 18.5. The summed E-state index contributed by atoms with van der Waals surface area (Å²) in [5.74, 6) is 1.38. The molecule has 232 valence electrons. The molecule has 1 saturated heterocycles. The predicted molar refractivity (Wildman–Crippen MR) is 189 cm³/mol. The van der Waals surface area contributed by atoms with Gasteiger partial charge in [0.1, 0.15) is 21.4 Å². The molecule has 44 heavy (non-hydrogen) atoms. The van der Waals surface area contributed by atoms with Crippen molar-refractivity contribution in [3.8, 4) is 21.1 Å². The third-order valence-corrected chi connectivity index (χ3v) is 9.59. The van der Waals surface area contributed by atoms with Gasteiger partial charge in [-0.05, 0) is 38.4 Å². The smallest absolute Gasteiger partial charge is 0.277 e. The van der Waals surface area contributed by atoms with Crippen molar-refractivity contribution in [1.29, 1.82) is 0 Å². The summed E-state index contributed by atoms with van der Waals surface area (Å²) in [4.78, 5) is 20.7. The molecule has 0 atom stereocenters. The number of halogens is 4. The summed E-state index contributed by atoms with van der Waals surface area (Å²) in [5, 5.41) is 7.31. The molecular formula is C32H34Cl4N6S2. The summed E-state index contributed by atoms with van der Waals surface area (Å²) in [6.07, 6.45) is 1.72. The zero-order chi connectivity index (χ0) is 32.0. The Labute approximate surface area is 288 Å². The van der Waals surface area contributed by atoms with Gasteiger partial charge in [0.15, 0.2) is 0 Å². The Morgan fingerprint density at radius 2 is 1.34 bits per heavy atom. The Kier molecular flexibility index (Phi) is 15.4. The molecule has 4 aromatic rings. The van der Waals surface area contributed by atoms with Gasteiger partial charge in [0, 0.05) is 82.7 Å². The standard InChI is InChI=1S/C16H16ClN3S.C11H7ClN2S.C5H11Cl2N/c1-18-16(7-9-20(2)10-8-16)14-11-21-15(19-14)12-3-5-13(17)6-4-12;1-13-6-10-7-15-11(14-10)8-2-4-9(12)5-3-8;1-8(4-2-6)5-3-7/h3-6,11H,7-10H2,2H3;2-5,7H,6H2;2-5H2,1H3. The van der Waals surface area contributed by atoms with Crippen molar-refractivity contribution in [2.45, 2.75) is 24.9 Å². The summed E-state index contributed by atoms with van der Waals surface area (Å²) in [7, 11) is 4.11. The first kappa shape index (κ1) is 36.2. The lowest BCUT2D eigenvalue weighted by molar-refractivity contribution is 0.214.